The standard InChI is InChI=1S/C15H24N4O3S/c1-12-6-4-8-14(17-12)19-9-5-7-13(11-19)18(2)15(20)10-16-23(3,21)22/h4,6,8,13,16H,5,7,9-11H2,1-3H3/t13-/m0/s1. The van der Waals surface area contributed by atoms with Crippen molar-refractivity contribution < 1.29 is 13.2 Å². The van der Waals surface area contributed by atoms with Crippen molar-refractivity contribution in [1.29, 1.82) is 0 Å². The molecule has 8 heteroatoms. The zero-order chi connectivity index (χ0) is 17.0. The lowest BCUT2D eigenvalue weighted by molar-refractivity contribution is -0.130. The fraction of sp³-hybridized carbons (Fsp3) is 0.600. The van der Waals surface area contributed by atoms with E-state index in [1.54, 1.807) is 11.9 Å². The summed E-state index contributed by atoms with van der Waals surface area (Å²) in [5, 5.41) is 0. The van der Waals surface area contributed by atoms with Crippen LogP contribution in [0.2, 0.25) is 0 Å². The first kappa shape index (κ1) is 17.7. The molecule has 0 aliphatic carbocycles. The number of pyridine rings is 1. The van der Waals surface area contributed by atoms with E-state index >= 15 is 0 Å². The summed E-state index contributed by atoms with van der Waals surface area (Å²) in [6.07, 6.45) is 2.92. The monoisotopic (exact) mass is 340 g/mol. The number of hydrogen-bond acceptors (Lipinski definition) is 5. The van der Waals surface area contributed by atoms with Crippen LogP contribution in [-0.4, -0.2) is 63.2 Å². The molecule has 0 bridgehead atoms. The summed E-state index contributed by atoms with van der Waals surface area (Å²) in [5.41, 5.74) is 0.964. The molecule has 1 aromatic rings. The number of sulfonamides is 1. The van der Waals surface area contributed by atoms with Gasteiger partial charge in [0.15, 0.2) is 0 Å². The normalized spacial score (nSPS) is 18.7. The van der Waals surface area contributed by atoms with Crippen molar-refractivity contribution in [2.24, 2.45) is 0 Å². The van der Waals surface area contributed by atoms with Crippen LogP contribution in [0.1, 0.15) is 18.5 Å². The Hall–Kier alpha value is -1.67. The minimum absolute atomic E-state index is 0.0555. The van der Waals surface area contributed by atoms with Crippen LogP contribution in [-0.2, 0) is 14.8 Å². The van der Waals surface area contributed by atoms with E-state index in [0.717, 1.165) is 37.2 Å². The number of nitrogens with one attached hydrogen (secondary N) is 1. The molecule has 1 amide bonds. The van der Waals surface area contributed by atoms with Gasteiger partial charge in [0.1, 0.15) is 5.82 Å². The van der Waals surface area contributed by atoms with Gasteiger partial charge in [-0.25, -0.2) is 18.1 Å². The lowest BCUT2D eigenvalue weighted by Crippen LogP contribution is -2.51. The second kappa shape index (κ2) is 7.27. The average molecular weight is 340 g/mol. The van der Waals surface area contributed by atoms with E-state index in [0.29, 0.717) is 6.54 Å². The first-order valence-corrected chi connectivity index (χ1v) is 9.54. The molecule has 1 N–H and O–H groups in total. The number of anilines is 1. The molecule has 128 valence electrons. The molecule has 0 unspecified atom stereocenters. The van der Waals surface area contributed by atoms with Crippen molar-refractivity contribution in [3.63, 3.8) is 0 Å². The summed E-state index contributed by atoms with van der Waals surface area (Å²) in [5.74, 6) is 0.698. The summed E-state index contributed by atoms with van der Waals surface area (Å²) in [7, 11) is -1.63. The number of hydrogen-bond donors (Lipinski definition) is 1. The van der Waals surface area contributed by atoms with Crippen LogP contribution in [0.3, 0.4) is 0 Å². The molecule has 7 nitrogen and oxygen atoms in total. The Labute approximate surface area is 137 Å². The van der Waals surface area contributed by atoms with Crippen molar-refractivity contribution in [2.45, 2.75) is 25.8 Å². The molecule has 0 spiro atoms. The summed E-state index contributed by atoms with van der Waals surface area (Å²) in [4.78, 5) is 20.5. The van der Waals surface area contributed by atoms with E-state index in [1.807, 2.05) is 25.1 Å². The van der Waals surface area contributed by atoms with Crippen LogP contribution in [0, 0.1) is 6.92 Å². The number of amides is 1. The number of likely N-dealkylation sites (N-methyl/N-ethyl adjacent to an activating group) is 1. The van der Waals surface area contributed by atoms with Gasteiger partial charge in [0.05, 0.1) is 12.8 Å². The molecular formula is C15H24N4O3S. The van der Waals surface area contributed by atoms with Gasteiger partial charge in [0.2, 0.25) is 15.9 Å². The van der Waals surface area contributed by atoms with Crippen LogP contribution in [0.4, 0.5) is 5.82 Å². The van der Waals surface area contributed by atoms with Gasteiger partial charge >= 0.3 is 0 Å². The fourth-order valence-electron chi connectivity index (χ4n) is 2.70. The predicted octanol–water partition coefficient (Wildman–Crippen LogP) is 0.366. The van der Waals surface area contributed by atoms with Crippen LogP contribution in [0.15, 0.2) is 18.2 Å². The van der Waals surface area contributed by atoms with E-state index in [4.69, 9.17) is 0 Å². The van der Waals surface area contributed by atoms with E-state index in [2.05, 4.69) is 14.6 Å². The fourth-order valence-corrected chi connectivity index (χ4v) is 3.09. The molecule has 1 aromatic heterocycles. The Bertz CT molecular complexity index is 662. The van der Waals surface area contributed by atoms with E-state index < -0.39 is 10.0 Å². The molecular weight excluding hydrogens is 316 g/mol. The molecule has 23 heavy (non-hydrogen) atoms. The van der Waals surface area contributed by atoms with Crippen LogP contribution in [0.5, 0.6) is 0 Å². The second-order valence-corrected chi connectivity index (χ2v) is 7.81. The van der Waals surface area contributed by atoms with Crippen LogP contribution >= 0.6 is 0 Å². The maximum atomic E-state index is 12.2. The predicted molar refractivity (Wildman–Crippen MR) is 89.8 cm³/mol. The average Bonchev–Trinajstić information content (AvgIpc) is 2.51. The topological polar surface area (TPSA) is 82.6 Å². The van der Waals surface area contributed by atoms with Gasteiger partial charge in [0.25, 0.3) is 0 Å². The van der Waals surface area contributed by atoms with Gasteiger partial charge in [-0.3, -0.25) is 4.79 Å². The number of nitrogens with zero attached hydrogens (tertiary/aromatic N) is 3. The largest absolute Gasteiger partial charge is 0.355 e. The smallest absolute Gasteiger partial charge is 0.237 e. The summed E-state index contributed by atoms with van der Waals surface area (Å²) >= 11 is 0. The van der Waals surface area contributed by atoms with Gasteiger partial charge in [-0.2, -0.15) is 0 Å². The number of piperidine rings is 1. The number of aryl methyl sites for hydroxylation is 1. The zero-order valence-corrected chi connectivity index (χ0v) is 14.6. The van der Waals surface area contributed by atoms with Gasteiger partial charge in [-0.1, -0.05) is 6.07 Å². The summed E-state index contributed by atoms with van der Waals surface area (Å²) in [6, 6.07) is 5.96. The molecule has 1 atom stereocenters. The number of carbonyl (C=O) groups excluding carboxylic acids is 1. The molecule has 0 saturated carbocycles. The van der Waals surface area contributed by atoms with Crippen molar-refractivity contribution in [1.82, 2.24) is 14.6 Å². The molecule has 0 radical (unpaired) electrons. The summed E-state index contributed by atoms with van der Waals surface area (Å²) < 4.78 is 24.5. The maximum Gasteiger partial charge on any atom is 0.237 e. The minimum Gasteiger partial charge on any atom is -0.355 e. The highest BCUT2D eigenvalue weighted by molar-refractivity contribution is 7.88. The van der Waals surface area contributed by atoms with Gasteiger partial charge in [-0.15, -0.1) is 0 Å². The molecule has 2 rings (SSSR count). The number of carbonyl (C=O) groups is 1. The highest BCUT2D eigenvalue weighted by atomic mass is 32.2. The zero-order valence-electron chi connectivity index (χ0n) is 13.8. The molecule has 1 aliphatic rings. The molecule has 1 aliphatic heterocycles. The Balaban J connectivity index is 1.98. The third kappa shape index (κ3) is 5.18. The Morgan fingerprint density at radius 2 is 2.22 bits per heavy atom. The Morgan fingerprint density at radius 3 is 2.87 bits per heavy atom. The Morgan fingerprint density at radius 1 is 1.48 bits per heavy atom. The first-order valence-electron chi connectivity index (χ1n) is 7.65. The van der Waals surface area contributed by atoms with Gasteiger partial charge in [-0.05, 0) is 31.9 Å². The third-order valence-electron chi connectivity index (χ3n) is 4.02. The second-order valence-electron chi connectivity index (χ2n) is 5.98. The number of rotatable bonds is 5. The third-order valence-corrected chi connectivity index (χ3v) is 4.69. The highest BCUT2D eigenvalue weighted by Gasteiger charge is 2.27. The van der Waals surface area contributed by atoms with E-state index in [1.165, 1.54) is 0 Å². The van der Waals surface area contributed by atoms with Gasteiger partial charge in [0, 0.05) is 31.9 Å². The van der Waals surface area contributed by atoms with Crippen LogP contribution in [0.25, 0.3) is 0 Å². The molecule has 2 heterocycles. The van der Waals surface area contributed by atoms with E-state index in [-0.39, 0.29) is 18.5 Å². The van der Waals surface area contributed by atoms with E-state index in [9.17, 15) is 13.2 Å². The van der Waals surface area contributed by atoms with Crippen molar-refractivity contribution in [3.05, 3.63) is 23.9 Å². The first-order chi connectivity index (χ1) is 10.8. The highest BCUT2D eigenvalue weighted by Crippen LogP contribution is 2.20. The lowest BCUT2D eigenvalue weighted by atomic mass is 10.0. The van der Waals surface area contributed by atoms with Gasteiger partial charge < -0.3 is 9.80 Å². The molecule has 1 saturated heterocycles. The Kier molecular flexibility index (Phi) is 5.59. The molecule has 0 aromatic carbocycles. The quantitative estimate of drug-likeness (QED) is 0.837. The molecule has 1 fully saturated rings. The number of aromatic nitrogens is 1. The van der Waals surface area contributed by atoms with Crippen LogP contribution < -0.4 is 9.62 Å². The van der Waals surface area contributed by atoms with Crippen molar-refractivity contribution in [3.8, 4) is 0 Å². The van der Waals surface area contributed by atoms with Crippen molar-refractivity contribution >= 4 is 21.7 Å². The maximum absolute atomic E-state index is 12.2. The van der Waals surface area contributed by atoms with Crippen molar-refractivity contribution in [2.75, 3.05) is 37.8 Å². The minimum atomic E-state index is -3.36. The SMILES string of the molecule is Cc1cccc(N2CCC[C@H](N(C)C(=O)CNS(C)(=O)=O)C2)n1. The lowest BCUT2D eigenvalue weighted by Gasteiger charge is -2.38. The summed E-state index contributed by atoms with van der Waals surface area (Å²) in [6.45, 7) is 3.38.